The molecule has 4 N–H and O–H groups in total. The minimum atomic E-state index is -0.519. The summed E-state index contributed by atoms with van der Waals surface area (Å²) in [5.41, 5.74) is 7.02. The van der Waals surface area contributed by atoms with Crippen LogP contribution in [-0.2, 0) is 4.79 Å². The topological polar surface area (TPSA) is 84.2 Å². The molecule has 5 heteroatoms. The number of nitrogens with one attached hydrogen (secondary N) is 2. The second kappa shape index (κ2) is 4.68. The summed E-state index contributed by atoms with van der Waals surface area (Å²) >= 11 is 0. The predicted octanol–water partition coefficient (Wildman–Crippen LogP) is 1.37. The molecule has 5 nitrogen and oxygen atoms in total. The molecule has 0 radical (unpaired) electrons. The first kappa shape index (κ1) is 12.4. The van der Waals surface area contributed by atoms with Gasteiger partial charge in [-0.05, 0) is 18.1 Å². The number of nitrogen functional groups attached to an aromatic ring is 1. The molecule has 1 aliphatic heterocycles. The van der Waals surface area contributed by atoms with Gasteiger partial charge >= 0.3 is 0 Å². The van der Waals surface area contributed by atoms with Crippen LogP contribution in [0.1, 0.15) is 30.6 Å². The van der Waals surface area contributed by atoms with Crippen LogP contribution in [0.25, 0.3) is 0 Å². The highest BCUT2D eigenvalue weighted by Gasteiger charge is 2.31. The van der Waals surface area contributed by atoms with E-state index in [2.05, 4.69) is 10.6 Å². The first-order valence-corrected chi connectivity index (χ1v) is 6.04. The van der Waals surface area contributed by atoms with Crippen LogP contribution in [-0.4, -0.2) is 17.9 Å². The lowest BCUT2D eigenvalue weighted by Crippen LogP contribution is -2.45. The molecule has 1 aliphatic rings. The number of hydrogen-bond donors (Lipinski definition) is 3. The standard InChI is InChI=1S/C13H17N3O2/c1-3-7(2)10-13(18)16-11-8(12(17)15-10)5-4-6-9(11)14/h4-7,10H,3,14H2,1-2H3,(H,15,17)(H,16,18). The van der Waals surface area contributed by atoms with Crippen LogP contribution >= 0.6 is 0 Å². The van der Waals surface area contributed by atoms with Crippen LogP contribution in [0.3, 0.4) is 0 Å². The van der Waals surface area contributed by atoms with Crippen LogP contribution in [0.5, 0.6) is 0 Å². The zero-order valence-electron chi connectivity index (χ0n) is 10.5. The molecule has 2 rings (SSSR count). The lowest BCUT2D eigenvalue weighted by atomic mass is 9.98. The van der Waals surface area contributed by atoms with E-state index in [1.165, 1.54) is 0 Å². The van der Waals surface area contributed by atoms with Gasteiger partial charge in [-0.3, -0.25) is 9.59 Å². The molecule has 0 aromatic heterocycles. The summed E-state index contributed by atoms with van der Waals surface area (Å²) in [6, 6.07) is 4.49. The lowest BCUT2D eigenvalue weighted by molar-refractivity contribution is -0.119. The van der Waals surface area contributed by atoms with Crippen LogP contribution < -0.4 is 16.4 Å². The third-order valence-electron chi connectivity index (χ3n) is 3.37. The van der Waals surface area contributed by atoms with Crippen molar-refractivity contribution < 1.29 is 9.59 Å². The van der Waals surface area contributed by atoms with Gasteiger partial charge in [0.1, 0.15) is 6.04 Å². The molecule has 2 amide bonds. The van der Waals surface area contributed by atoms with Gasteiger partial charge < -0.3 is 16.4 Å². The average molecular weight is 247 g/mol. The van der Waals surface area contributed by atoms with E-state index in [1.54, 1.807) is 18.2 Å². The van der Waals surface area contributed by atoms with Crippen LogP contribution in [0.4, 0.5) is 11.4 Å². The molecule has 1 heterocycles. The molecule has 1 aromatic rings. The Hall–Kier alpha value is -2.04. The second-order valence-electron chi connectivity index (χ2n) is 4.60. The van der Waals surface area contributed by atoms with Gasteiger partial charge in [0.25, 0.3) is 5.91 Å². The van der Waals surface area contributed by atoms with Crippen LogP contribution in [0.15, 0.2) is 18.2 Å². The van der Waals surface area contributed by atoms with Crippen molar-refractivity contribution in [3.8, 4) is 0 Å². The largest absolute Gasteiger partial charge is 0.397 e. The maximum absolute atomic E-state index is 12.1. The summed E-state index contributed by atoms with van der Waals surface area (Å²) in [5.74, 6) is -0.403. The minimum Gasteiger partial charge on any atom is -0.397 e. The van der Waals surface area contributed by atoms with E-state index < -0.39 is 6.04 Å². The third-order valence-corrected chi connectivity index (χ3v) is 3.37. The summed E-state index contributed by atoms with van der Waals surface area (Å²) in [5, 5.41) is 5.50. The predicted molar refractivity (Wildman–Crippen MR) is 70.2 cm³/mol. The number of rotatable bonds is 2. The molecular weight excluding hydrogens is 230 g/mol. The van der Waals surface area contributed by atoms with Crippen molar-refractivity contribution in [3.05, 3.63) is 23.8 Å². The summed E-state index contributed by atoms with van der Waals surface area (Å²) < 4.78 is 0. The molecule has 1 aromatic carbocycles. The Balaban J connectivity index is 2.41. The van der Waals surface area contributed by atoms with Gasteiger partial charge in [0, 0.05) is 0 Å². The molecule has 0 saturated heterocycles. The van der Waals surface area contributed by atoms with Gasteiger partial charge in [0.15, 0.2) is 0 Å². The molecular formula is C13H17N3O2. The Labute approximate surface area is 106 Å². The molecule has 18 heavy (non-hydrogen) atoms. The first-order chi connectivity index (χ1) is 8.54. The number of carbonyl (C=O) groups excluding carboxylic acids is 2. The first-order valence-electron chi connectivity index (χ1n) is 6.04. The van der Waals surface area contributed by atoms with Crippen LogP contribution in [0.2, 0.25) is 0 Å². The zero-order valence-corrected chi connectivity index (χ0v) is 10.5. The van der Waals surface area contributed by atoms with Gasteiger partial charge in [-0.25, -0.2) is 0 Å². The van der Waals surface area contributed by atoms with E-state index in [-0.39, 0.29) is 17.7 Å². The Morgan fingerprint density at radius 3 is 2.78 bits per heavy atom. The summed E-state index contributed by atoms with van der Waals surface area (Å²) in [6.07, 6.45) is 0.810. The summed E-state index contributed by atoms with van der Waals surface area (Å²) in [6.45, 7) is 3.92. The molecule has 0 fully saturated rings. The van der Waals surface area contributed by atoms with Gasteiger partial charge in [-0.1, -0.05) is 26.3 Å². The van der Waals surface area contributed by atoms with Crippen molar-refractivity contribution in [1.82, 2.24) is 5.32 Å². The fourth-order valence-electron chi connectivity index (χ4n) is 2.02. The van der Waals surface area contributed by atoms with Gasteiger partial charge in [-0.15, -0.1) is 0 Å². The number of fused-ring (bicyclic) bond motifs is 1. The fraction of sp³-hybridized carbons (Fsp3) is 0.385. The van der Waals surface area contributed by atoms with E-state index in [4.69, 9.17) is 5.73 Å². The molecule has 0 aliphatic carbocycles. The highest BCUT2D eigenvalue weighted by atomic mass is 16.2. The molecule has 0 spiro atoms. The second-order valence-corrected chi connectivity index (χ2v) is 4.60. The highest BCUT2D eigenvalue weighted by molar-refractivity contribution is 6.12. The van der Waals surface area contributed by atoms with E-state index in [0.717, 1.165) is 6.42 Å². The monoisotopic (exact) mass is 247 g/mol. The Morgan fingerprint density at radius 2 is 2.11 bits per heavy atom. The van der Waals surface area contributed by atoms with E-state index in [0.29, 0.717) is 16.9 Å². The molecule has 2 atom stereocenters. The quantitative estimate of drug-likeness (QED) is 0.690. The number of para-hydroxylation sites is 1. The summed E-state index contributed by atoms with van der Waals surface area (Å²) in [7, 11) is 0. The molecule has 0 bridgehead atoms. The number of amides is 2. The lowest BCUT2D eigenvalue weighted by Gasteiger charge is -2.20. The van der Waals surface area contributed by atoms with E-state index in [9.17, 15) is 9.59 Å². The maximum atomic E-state index is 12.1. The number of nitrogens with two attached hydrogens (primary N) is 1. The minimum absolute atomic E-state index is 0.0736. The Kier molecular flexibility index (Phi) is 3.23. The van der Waals surface area contributed by atoms with Gasteiger partial charge in [0.05, 0.1) is 16.9 Å². The van der Waals surface area contributed by atoms with Crippen LogP contribution in [0, 0.1) is 5.92 Å². The Bertz CT molecular complexity index is 499. The van der Waals surface area contributed by atoms with Crippen molar-refractivity contribution in [3.63, 3.8) is 0 Å². The fourth-order valence-corrected chi connectivity index (χ4v) is 2.02. The van der Waals surface area contributed by atoms with Gasteiger partial charge in [-0.2, -0.15) is 0 Å². The van der Waals surface area contributed by atoms with Gasteiger partial charge in [0.2, 0.25) is 5.91 Å². The van der Waals surface area contributed by atoms with Crippen molar-refractivity contribution in [2.45, 2.75) is 26.3 Å². The normalized spacial score (nSPS) is 20.4. The number of hydrogen-bond acceptors (Lipinski definition) is 3. The van der Waals surface area contributed by atoms with Crippen molar-refractivity contribution >= 4 is 23.2 Å². The molecule has 0 saturated carbocycles. The third kappa shape index (κ3) is 2.03. The average Bonchev–Trinajstić information content (AvgIpc) is 2.48. The smallest absolute Gasteiger partial charge is 0.254 e. The molecule has 96 valence electrons. The van der Waals surface area contributed by atoms with Crippen molar-refractivity contribution in [2.24, 2.45) is 5.92 Å². The SMILES string of the molecule is CCC(C)C1NC(=O)c2cccc(N)c2NC1=O. The molecule has 2 unspecified atom stereocenters. The highest BCUT2D eigenvalue weighted by Crippen LogP contribution is 2.26. The number of anilines is 2. The summed E-state index contributed by atoms with van der Waals surface area (Å²) in [4.78, 5) is 24.2. The maximum Gasteiger partial charge on any atom is 0.254 e. The van der Waals surface area contributed by atoms with E-state index in [1.807, 2.05) is 13.8 Å². The van der Waals surface area contributed by atoms with Crippen molar-refractivity contribution in [2.75, 3.05) is 11.1 Å². The number of benzene rings is 1. The zero-order chi connectivity index (χ0) is 13.3. The number of carbonyl (C=O) groups is 2. The van der Waals surface area contributed by atoms with E-state index >= 15 is 0 Å². The van der Waals surface area contributed by atoms with Crippen molar-refractivity contribution in [1.29, 1.82) is 0 Å². The Morgan fingerprint density at radius 1 is 1.39 bits per heavy atom.